The Hall–Kier alpha value is -0.820. The number of nitrogens with zero attached hydrogens (tertiary/aromatic N) is 1. The number of halogens is 2. The molecule has 0 N–H and O–H groups in total. The molecule has 1 aliphatic carbocycles. The fourth-order valence-electron chi connectivity index (χ4n) is 2.14. The molecule has 1 aliphatic rings. The molecule has 1 heterocycles. The first-order chi connectivity index (χ1) is 9.65. The minimum atomic E-state index is 0.0642. The van der Waals surface area contributed by atoms with Crippen LogP contribution in [0.25, 0.3) is 0 Å². The number of benzene rings is 1. The van der Waals surface area contributed by atoms with Gasteiger partial charge in [0.2, 0.25) is 0 Å². The molecule has 0 unspecified atom stereocenters. The molecular weight excluding hydrogens is 433 g/mol. The molecule has 0 radical (unpaired) electrons. The van der Waals surface area contributed by atoms with Gasteiger partial charge in [0.15, 0.2) is 0 Å². The highest BCUT2D eigenvalue weighted by Gasteiger charge is 2.34. The lowest BCUT2D eigenvalue weighted by Crippen LogP contribution is -2.32. The van der Waals surface area contributed by atoms with Gasteiger partial charge in [-0.3, -0.25) is 4.79 Å². The molecule has 2 aromatic rings. The number of hydrogen-bond acceptors (Lipinski definition) is 2. The van der Waals surface area contributed by atoms with Crippen LogP contribution < -0.4 is 0 Å². The summed E-state index contributed by atoms with van der Waals surface area (Å²) in [4.78, 5) is 14.7. The minimum Gasteiger partial charge on any atom is -0.467 e. The standard InChI is InChI=1S/C15H13BrINO2/c16-14-6-3-10(17)8-13(14)15(19)18(11-4-5-11)9-12-2-1-7-20-12/h1-3,6-8,11H,4-5,9H2. The largest absolute Gasteiger partial charge is 0.467 e. The van der Waals surface area contributed by atoms with Crippen LogP contribution in [0.4, 0.5) is 0 Å². The Morgan fingerprint density at radius 1 is 1.40 bits per heavy atom. The molecule has 1 aromatic carbocycles. The van der Waals surface area contributed by atoms with Gasteiger partial charge in [-0.05, 0) is 81.7 Å². The lowest BCUT2D eigenvalue weighted by molar-refractivity contribution is 0.0716. The maximum Gasteiger partial charge on any atom is 0.255 e. The molecule has 1 aromatic heterocycles. The predicted octanol–water partition coefficient (Wildman–Crippen LogP) is 4.45. The lowest BCUT2D eigenvalue weighted by Gasteiger charge is -2.22. The maximum absolute atomic E-state index is 12.8. The van der Waals surface area contributed by atoms with Crippen molar-refractivity contribution in [1.82, 2.24) is 4.90 Å². The molecule has 20 heavy (non-hydrogen) atoms. The van der Waals surface area contributed by atoms with Crippen LogP contribution in [-0.4, -0.2) is 16.8 Å². The molecule has 0 saturated heterocycles. The van der Waals surface area contributed by atoms with Crippen LogP contribution in [0.15, 0.2) is 45.5 Å². The molecule has 1 amide bonds. The van der Waals surface area contributed by atoms with E-state index in [0.717, 1.165) is 32.2 Å². The Morgan fingerprint density at radius 2 is 2.20 bits per heavy atom. The van der Waals surface area contributed by atoms with Gasteiger partial charge in [0.25, 0.3) is 5.91 Å². The van der Waals surface area contributed by atoms with E-state index >= 15 is 0 Å². The van der Waals surface area contributed by atoms with Crippen LogP contribution in [-0.2, 0) is 6.54 Å². The van der Waals surface area contributed by atoms with E-state index in [-0.39, 0.29) is 5.91 Å². The molecule has 5 heteroatoms. The van der Waals surface area contributed by atoms with E-state index in [1.807, 2.05) is 35.2 Å². The molecule has 104 valence electrons. The number of hydrogen-bond donors (Lipinski definition) is 0. The van der Waals surface area contributed by atoms with E-state index in [9.17, 15) is 4.79 Å². The summed E-state index contributed by atoms with van der Waals surface area (Å²) in [6, 6.07) is 9.93. The number of carbonyl (C=O) groups is 1. The van der Waals surface area contributed by atoms with Crippen LogP contribution in [0.3, 0.4) is 0 Å². The van der Waals surface area contributed by atoms with Crippen LogP contribution in [0.2, 0.25) is 0 Å². The Labute approximate surface area is 139 Å². The van der Waals surface area contributed by atoms with Gasteiger partial charge in [-0.1, -0.05) is 0 Å². The van der Waals surface area contributed by atoms with Gasteiger partial charge in [-0.2, -0.15) is 0 Å². The quantitative estimate of drug-likeness (QED) is 0.651. The van der Waals surface area contributed by atoms with Gasteiger partial charge in [0.1, 0.15) is 5.76 Å². The first kappa shape index (κ1) is 14.1. The van der Waals surface area contributed by atoms with Gasteiger partial charge in [0.05, 0.1) is 18.4 Å². The summed E-state index contributed by atoms with van der Waals surface area (Å²) in [5.41, 5.74) is 0.718. The summed E-state index contributed by atoms with van der Waals surface area (Å²) in [7, 11) is 0. The Balaban J connectivity index is 1.87. The van der Waals surface area contributed by atoms with E-state index in [4.69, 9.17) is 4.42 Å². The van der Waals surface area contributed by atoms with E-state index in [2.05, 4.69) is 38.5 Å². The highest BCUT2D eigenvalue weighted by Crippen LogP contribution is 2.31. The van der Waals surface area contributed by atoms with E-state index < -0.39 is 0 Å². The van der Waals surface area contributed by atoms with Gasteiger partial charge >= 0.3 is 0 Å². The highest BCUT2D eigenvalue weighted by molar-refractivity contribution is 14.1. The smallest absolute Gasteiger partial charge is 0.255 e. The summed E-state index contributed by atoms with van der Waals surface area (Å²) >= 11 is 5.70. The van der Waals surface area contributed by atoms with Gasteiger partial charge in [0, 0.05) is 14.1 Å². The van der Waals surface area contributed by atoms with Gasteiger partial charge < -0.3 is 9.32 Å². The molecule has 0 bridgehead atoms. The Kier molecular flexibility index (Phi) is 4.16. The molecule has 0 atom stereocenters. The second kappa shape index (κ2) is 5.89. The third-order valence-electron chi connectivity index (χ3n) is 3.31. The summed E-state index contributed by atoms with van der Waals surface area (Å²) in [5.74, 6) is 0.890. The molecule has 1 saturated carbocycles. The zero-order valence-electron chi connectivity index (χ0n) is 10.7. The van der Waals surface area contributed by atoms with Crippen molar-refractivity contribution < 1.29 is 9.21 Å². The highest BCUT2D eigenvalue weighted by atomic mass is 127. The first-order valence-electron chi connectivity index (χ1n) is 6.43. The predicted molar refractivity (Wildman–Crippen MR) is 88.5 cm³/mol. The summed E-state index contributed by atoms with van der Waals surface area (Å²) in [6.45, 7) is 0.536. The Bertz CT molecular complexity index is 623. The van der Waals surface area contributed by atoms with Crippen LogP contribution >= 0.6 is 38.5 Å². The number of rotatable bonds is 4. The second-order valence-electron chi connectivity index (χ2n) is 4.87. The van der Waals surface area contributed by atoms with Gasteiger partial charge in [-0.25, -0.2) is 0 Å². The van der Waals surface area contributed by atoms with Crippen molar-refractivity contribution in [2.24, 2.45) is 0 Å². The molecular formula is C15H13BrINO2. The van der Waals surface area contributed by atoms with Crippen molar-refractivity contribution in [1.29, 1.82) is 0 Å². The van der Waals surface area contributed by atoms with Crippen LogP contribution in [0, 0.1) is 3.57 Å². The molecule has 3 nitrogen and oxygen atoms in total. The zero-order valence-corrected chi connectivity index (χ0v) is 14.4. The second-order valence-corrected chi connectivity index (χ2v) is 6.97. The molecule has 0 aliphatic heterocycles. The lowest BCUT2D eigenvalue weighted by atomic mass is 10.2. The van der Waals surface area contributed by atoms with Crippen LogP contribution in [0.1, 0.15) is 29.0 Å². The first-order valence-corrected chi connectivity index (χ1v) is 8.31. The van der Waals surface area contributed by atoms with E-state index in [0.29, 0.717) is 12.6 Å². The molecule has 3 rings (SSSR count). The van der Waals surface area contributed by atoms with Crippen molar-refractivity contribution >= 4 is 44.4 Å². The van der Waals surface area contributed by atoms with Gasteiger partial charge in [-0.15, -0.1) is 0 Å². The summed E-state index contributed by atoms with van der Waals surface area (Å²) in [6.07, 6.45) is 3.80. The monoisotopic (exact) mass is 445 g/mol. The maximum atomic E-state index is 12.8. The molecule has 0 spiro atoms. The van der Waals surface area contributed by atoms with E-state index in [1.165, 1.54) is 0 Å². The fourth-order valence-corrected chi connectivity index (χ4v) is 3.05. The van der Waals surface area contributed by atoms with Crippen molar-refractivity contribution in [2.75, 3.05) is 0 Å². The SMILES string of the molecule is O=C(c1cc(I)ccc1Br)N(Cc1ccco1)C1CC1. The number of furan rings is 1. The normalized spacial score (nSPS) is 14.3. The zero-order chi connectivity index (χ0) is 14.1. The van der Waals surface area contributed by atoms with E-state index in [1.54, 1.807) is 6.26 Å². The average molecular weight is 446 g/mol. The van der Waals surface area contributed by atoms with Crippen molar-refractivity contribution in [3.05, 3.63) is 56.0 Å². The summed E-state index contributed by atoms with van der Waals surface area (Å²) < 4.78 is 7.27. The topological polar surface area (TPSA) is 33.5 Å². The third-order valence-corrected chi connectivity index (χ3v) is 4.68. The Morgan fingerprint density at radius 3 is 2.85 bits per heavy atom. The summed E-state index contributed by atoms with van der Waals surface area (Å²) in [5, 5.41) is 0. The average Bonchev–Trinajstić information content (AvgIpc) is 3.15. The molecule has 1 fully saturated rings. The van der Waals surface area contributed by atoms with Crippen molar-refractivity contribution in [3.8, 4) is 0 Å². The van der Waals surface area contributed by atoms with Crippen molar-refractivity contribution in [3.63, 3.8) is 0 Å². The van der Waals surface area contributed by atoms with Crippen molar-refractivity contribution in [2.45, 2.75) is 25.4 Å². The minimum absolute atomic E-state index is 0.0642. The number of carbonyl (C=O) groups excluding carboxylic acids is 1. The number of amides is 1. The van der Waals surface area contributed by atoms with Crippen LogP contribution in [0.5, 0.6) is 0 Å². The third kappa shape index (κ3) is 3.09. The fraction of sp³-hybridized carbons (Fsp3) is 0.267.